The summed E-state index contributed by atoms with van der Waals surface area (Å²) in [6, 6.07) is 7.77. The molecule has 2 rings (SSSR count). The van der Waals surface area contributed by atoms with Crippen molar-refractivity contribution >= 4 is 21.9 Å². The fourth-order valence-electron chi connectivity index (χ4n) is 2.04. The van der Waals surface area contributed by atoms with Gasteiger partial charge in [0.15, 0.2) is 0 Å². The highest BCUT2D eigenvalue weighted by Crippen LogP contribution is 2.27. The predicted molar refractivity (Wildman–Crippen MR) is 77.0 cm³/mol. The molecule has 2 aromatic rings. The molecule has 0 amide bonds. The lowest BCUT2D eigenvalue weighted by molar-refractivity contribution is 0.0526. The van der Waals surface area contributed by atoms with Crippen LogP contribution in [0.15, 0.2) is 28.7 Å². The highest BCUT2D eigenvalue weighted by Gasteiger charge is 2.22. The first-order valence-corrected chi connectivity index (χ1v) is 6.80. The summed E-state index contributed by atoms with van der Waals surface area (Å²) >= 11 is 3.40. The van der Waals surface area contributed by atoms with Gasteiger partial charge in [-0.1, -0.05) is 28.1 Å². The second-order valence-corrected chi connectivity index (χ2v) is 5.08. The second kappa shape index (κ2) is 5.57. The van der Waals surface area contributed by atoms with Gasteiger partial charge in [0.2, 0.25) is 0 Å². The third-order valence-electron chi connectivity index (χ3n) is 2.82. The molecule has 0 aliphatic rings. The molecule has 1 aromatic heterocycles. The number of hydrogen-bond donors (Lipinski definition) is 0. The number of carbonyl (C=O) groups is 1. The number of ether oxygens (including phenoxy) is 1. The number of benzene rings is 1. The van der Waals surface area contributed by atoms with E-state index in [2.05, 4.69) is 21.0 Å². The molecule has 0 fully saturated rings. The van der Waals surface area contributed by atoms with Gasteiger partial charge in [-0.2, -0.15) is 5.10 Å². The molecule has 0 saturated heterocycles. The van der Waals surface area contributed by atoms with Crippen LogP contribution in [0.2, 0.25) is 0 Å². The van der Waals surface area contributed by atoms with E-state index in [9.17, 15) is 4.79 Å². The number of rotatable bonds is 3. The van der Waals surface area contributed by atoms with Crippen molar-refractivity contribution in [3.63, 3.8) is 0 Å². The fraction of sp³-hybridized carbons (Fsp3) is 0.286. The van der Waals surface area contributed by atoms with Crippen LogP contribution in [0.25, 0.3) is 11.3 Å². The first kappa shape index (κ1) is 13.8. The first-order valence-electron chi connectivity index (χ1n) is 6.01. The molecule has 0 aliphatic carbocycles. The number of halogens is 1. The number of aryl methyl sites for hydroxylation is 2. The Hall–Kier alpha value is -1.62. The first-order chi connectivity index (χ1) is 9.04. The van der Waals surface area contributed by atoms with Gasteiger partial charge in [0, 0.05) is 17.1 Å². The summed E-state index contributed by atoms with van der Waals surface area (Å²) < 4.78 is 7.81. The minimum absolute atomic E-state index is 0.328. The smallest absolute Gasteiger partial charge is 0.342 e. The molecule has 1 heterocycles. The largest absolute Gasteiger partial charge is 0.462 e. The Morgan fingerprint density at radius 3 is 2.58 bits per heavy atom. The number of carbonyl (C=O) groups excluding carboxylic acids is 1. The Morgan fingerprint density at radius 2 is 2.00 bits per heavy atom. The summed E-state index contributed by atoms with van der Waals surface area (Å²) in [5.74, 6) is -0.328. The minimum Gasteiger partial charge on any atom is -0.462 e. The quantitative estimate of drug-likeness (QED) is 0.814. The van der Waals surface area contributed by atoms with Crippen molar-refractivity contribution in [2.24, 2.45) is 7.05 Å². The highest BCUT2D eigenvalue weighted by atomic mass is 79.9. The third kappa shape index (κ3) is 2.71. The van der Waals surface area contributed by atoms with E-state index < -0.39 is 0 Å². The fourth-order valence-corrected chi connectivity index (χ4v) is 2.31. The summed E-state index contributed by atoms with van der Waals surface area (Å²) in [5, 5.41) is 4.32. The molecule has 0 atom stereocenters. The van der Waals surface area contributed by atoms with Crippen molar-refractivity contribution in [2.45, 2.75) is 13.8 Å². The molecule has 1 aromatic carbocycles. The summed E-state index contributed by atoms with van der Waals surface area (Å²) in [7, 11) is 1.83. The summed E-state index contributed by atoms with van der Waals surface area (Å²) in [6.07, 6.45) is 0. The van der Waals surface area contributed by atoms with Crippen LogP contribution in [0.3, 0.4) is 0 Å². The molecule has 100 valence electrons. The normalized spacial score (nSPS) is 10.5. The van der Waals surface area contributed by atoms with Crippen LogP contribution in [0, 0.1) is 6.92 Å². The van der Waals surface area contributed by atoms with Crippen molar-refractivity contribution in [2.75, 3.05) is 6.61 Å². The topological polar surface area (TPSA) is 44.1 Å². The van der Waals surface area contributed by atoms with E-state index in [1.54, 1.807) is 11.6 Å². The van der Waals surface area contributed by atoms with Crippen molar-refractivity contribution in [3.8, 4) is 11.3 Å². The van der Waals surface area contributed by atoms with E-state index in [1.807, 2.05) is 38.2 Å². The molecule has 0 bridgehead atoms. The molecule has 4 nitrogen and oxygen atoms in total. The maximum atomic E-state index is 12.1. The zero-order valence-corrected chi connectivity index (χ0v) is 12.7. The minimum atomic E-state index is -0.328. The van der Waals surface area contributed by atoms with Gasteiger partial charge in [-0.05, 0) is 26.0 Å². The Kier molecular flexibility index (Phi) is 4.04. The predicted octanol–water partition coefficient (Wildman–Crippen LogP) is 3.33. The Morgan fingerprint density at radius 1 is 1.37 bits per heavy atom. The van der Waals surface area contributed by atoms with Gasteiger partial charge in [-0.3, -0.25) is 4.68 Å². The molecule has 0 aliphatic heterocycles. The molecule has 0 spiro atoms. The van der Waals surface area contributed by atoms with Gasteiger partial charge >= 0.3 is 5.97 Å². The number of esters is 1. The van der Waals surface area contributed by atoms with Crippen molar-refractivity contribution < 1.29 is 9.53 Å². The zero-order valence-electron chi connectivity index (χ0n) is 11.1. The van der Waals surface area contributed by atoms with Crippen molar-refractivity contribution in [3.05, 3.63) is 40.0 Å². The van der Waals surface area contributed by atoms with E-state index in [0.29, 0.717) is 17.9 Å². The monoisotopic (exact) mass is 322 g/mol. The Labute approximate surface area is 120 Å². The van der Waals surface area contributed by atoms with Crippen LogP contribution in [0.5, 0.6) is 0 Å². The van der Waals surface area contributed by atoms with Gasteiger partial charge in [0.05, 0.1) is 18.0 Å². The number of hydrogen-bond acceptors (Lipinski definition) is 3. The van der Waals surface area contributed by atoms with Gasteiger partial charge in [0.25, 0.3) is 0 Å². The summed E-state index contributed by atoms with van der Waals surface area (Å²) in [4.78, 5) is 12.1. The highest BCUT2D eigenvalue weighted by molar-refractivity contribution is 9.10. The van der Waals surface area contributed by atoms with Crippen LogP contribution < -0.4 is 0 Å². The second-order valence-electron chi connectivity index (χ2n) is 4.16. The van der Waals surface area contributed by atoms with E-state index in [4.69, 9.17) is 4.74 Å². The lowest BCUT2D eigenvalue weighted by atomic mass is 10.1. The van der Waals surface area contributed by atoms with Crippen molar-refractivity contribution in [1.29, 1.82) is 0 Å². The maximum Gasteiger partial charge on any atom is 0.342 e. The number of nitrogens with zero attached hydrogens (tertiary/aromatic N) is 2. The van der Waals surface area contributed by atoms with E-state index >= 15 is 0 Å². The van der Waals surface area contributed by atoms with Crippen LogP contribution in [-0.4, -0.2) is 22.4 Å². The molecule has 0 radical (unpaired) electrons. The summed E-state index contributed by atoms with van der Waals surface area (Å²) in [6.45, 7) is 3.96. The van der Waals surface area contributed by atoms with Crippen LogP contribution in [0.1, 0.15) is 23.0 Å². The Balaban J connectivity index is 2.56. The maximum absolute atomic E-state index is 12.1. The third-order valence-corrected chi connectivity index (χ3v) is 3.35. The molecule has 19 heavy (non-hydrogen) atoms. The van der Waals surface area contributed by atoms with Crippen LogP contribution in [-0.2, 0) is 11.8 Å². The molecule has 0 N–H and O–H groups in total. The van der Waals surface area contributed by atoms with E-state index in [-0.39, 0.29) is 5.97 Å². The molecular weight excluding hydrogens is 308 g/mol. The van der Waals surface area contributed by atoms with Crippen molar-refractivity contribution in [1.82, 2.24) is 9.78 Å². The molecule has 0 saturated carbocycles. The lowest BCUT2D eigenvalue weighted by Gasteiger charge is -2.06. The average Bonchev–Trinajstić information content (AvgIpc) is 2.65. The number of aromatic nitrogens is 2. The average molecular weight is 323 g/mol. The summed E-state index contributed by atoms with van der Waals surface area (Å²) in [5.41, 5.74) is 2.93. The van der Waals surface area contributed by atoms with Gasteiger partial charge in [-0.15, -0.1) is 0 Å². The van der Waals surface area contributed by atoms with Gasteiger partial charge in [0.1, 0.15) is 5.56 Å². The molecule has 5 heteroatoms. The van der Waals surface area contributed by atoms with E-state index in [1.165, 1.54) is 0 Å². The molecule has 0 unspecified atom stereocenters. The Bertz CT molecular complexity index is 603. The SMILES string of the molecule is CCOC(=O)c1c(C)nn(C)c1-c1ccc(Br)cc1. The van der Waals surface area contributed by atoms with Gasteiger partial charge < -0.3 is 4.74 Å². The zero-order chi connectivity index (χ0) is 14.0. The van der Waals surface area contributed by atoms with E-state index in [0.717, 1.165) is 15.7 Å². The van der Waals surface area contributed by atoms with Crippen LogP contribution >= 0.6 is 15.9 Å². The molecular formula is C14H15BrN2O2. The van der Waals surface area contributed by atoms with Crippen LogP contribution in [0.4, 0.5) is 0 Å². The standard InChI is InChI=1S/C14H15BrN2O2/c1-4-19-14(18)12-9(2)16-17(3)13(12)10-5-7-11(15)8-6-10/h5-8H,4H2,1-3H3. The van der Waals surface area contributed by atoms with Gasteiger partial charge in [-0.25, -0.2) is 4.79 Å². The lowest BCUT2D eigenvalue weighted by Crippen LogP contribution is -2.07.